The minimum atomic E-state index is -0.286. The molecule has 1 amide bonds. The Morgan fingerprint density at radius 1 is 0.930 bits per heavy atom. The van der Waals surface area contributed by atoms with Gasteiger partial charge in [0.05, 0.1) is 30.9 Å². The van der Waals surface area contributed by atoms with Gasteiger partial charge in [0.25, 0.3) is 5.91 Å². The average molecular weight is 587 g/mol. The number of esters is 1. The number of aromatic nitrogens is 4. The van der Waals surface area contributed by atoms with E-state index in [-0.39, 0.29) is 30.4 Å². The Bertz CT molecular complexity index is 1550. The van der Waals surface area contributed by atoms with Crippen LogP contribution in [0.2, 0.25) is 0 Å². The van der Waals surface area contributed by atoms with E-state index in [9.17, 15) is 9.59 Å². The summed E-state index contributed by atoms with van der Waals surface area (Å²) >= 11 is 0. The number of carbonyl (C=O) groups excluding carboxylic acids is 2. The minimum Gasteiger partial charge on any atom is -0.492 e. The van der Waals surface area contributed by atoms with E-state index in [4.69, 9.17) is 9.47 Å². The molecule has 43 heavy (non-hydrogen) atoms. The van der Waals surface area contributed by atoms with E-state index in [0.29, 0.717) is 24.5 Å². The van der Waals surface area contributed by atoms with Crippen LogP contribution in [0.25, 0.3) is 22.3 Å². The van der Waals surface area contributed by atoms with E-state index in [1.807, 2.05) is 84.5 Å². The molecule has 0 aliphatic heterocycles. The molecule has 0 unspecified atom stereocenters. The molecule has 10 nitrogen and oxygen atoms in total. The van der Waals surface area contributed by atoms with Crippen LogP contribution in [0.4, 0.5) is 0 Å². The molecule has 0 saturated heterocycles. The number of hydrogen-bond acceptors (Lipinski definition) is 7. The summed E-state index contributed by atoms with van der Waals surface area (Å²) in [5, 5.41) is 12.0. The van der Waals surface area contributed by atoms with Gasteiger partial charge in [0.15, 0.2) is 0 Å². The van der Waals surface area contributed by atoms with Crippen LogP contribution in [0.5, 0.6) is 5.75 Å². The molecule has 1 atom stereocenters. The van der Waals surface area contributed by atoms with E-state index >= 15 is 0 Å². The van der Waals surface area contributed by atoms with E-state index in [0.717, 1.165) is 39.9 Å². The molecule has 228 valence electrons. The lowest BCUT2D eigenvalue weighted by Gasteiger charge is -2.18. The van der Waals surface area contributed by atoms with Crippen LogP contribution >= 0.6 is 0 Å². The van der Waals surface area contributed by atoms with Crippen LogP contribution in [0.1, 0.15) is 48.3 Å². The van der Waals surface area contributed by atoms with Crippen LogP contribution in [0.15, 0.2) is 61.2 Å². The lowest BCUT2D eigenvalue weighted by atomic mass is 9.96. The van der Waals surface area contributed by atoms with Crippen molar-refractivity contribution in [3.05, 3.63) is 77.9 Å². The Kier molecular flexibility index (Phi) is 10.4. The van der Waals surface area contributed by atoms with Gasteiger partial charge in [0, 0.05) is 42.7 Å². The molecule has 1 N–H and O–H groups in total. The molecule has 0 aliphatic carbocycles. The highest BCUT2D eigenvalue weighted by molar-refractivity contribution is 5.96. The molecule has 0 fully saturated rings. The van der Waals surface area contributed by atoms with Crippen molar-refractivity contribution in [2.24, 2.45) is 13.0 Å². The largest absolute Gasteiger partial charge is 0.492 e. The van der Waals surface area contributed by atoms with E-state index in [2.05, 4.69) is 33.7 Å². The number of ether oxygens (including phenoxy) is 2. The molecule has 2 heterocycles. The van der Waals surface area contributed by atoms with E-state index in [1.54, 1.807) is 21.6 Å². The monoisotopic (exact) mass is 586 g/mol. The molecule has 0 aliphatic rings. The lowest BCUT2D eigenvalue weighted by Crippen LogP contribution is -2.27. The van der Waals surface area contributed by atoms with Gasteiger partial charge in [-0.15, -0.1) is 0 Å². The van der Waals surface area contributed by atoms with Crippen LogP contribution in [-0.2, 0) is 23.1 Å². The number of carbonyl (C=O) groups is 2. The number of aryl methyl sites for hydroxylation is 2. The van der Waals surface area contributed by atoms with E-state index in [1.165, 1.54) is 0 Å². The summed E-state index contributed by atoms with van der Waals surface area (Å²) in [5.41, 5.74) is 6.22. The van der Waals surface area contributed by atoms with Gasteiger partial charge in [-0.2, -0.15) is 10.2 Å². The van der Waals surface area contributed by atoms with Gasteiger partial charge in [-0.05, 0) is 80.5 Å². The Balaban J connectivity index is 1.56. The number of nitrogens with zero attached hydrogens (tertiary/aromatic N) is 5. The SMILES string of the molecule is Cc1ccc(OCCN(C)C)cc1C(=O)N[C@H](C)c1cc(-c2cnn(C)c2)cc(-c2cnn(CCOC(=O)C(C)C)c2)c1. The first-order valence-electron chi connectivity index (χ1n) is 14.5. The number of likely N-dealkylation sites (N-methyl/N-ethyl adjacent to an activating group) is 1. The summed E-state index contributed by atoms with van der Waals surface area (Å²) in [6.45, 7) is 9.55. The smallest absolute Gasteiger partial charge is 0.308 e. The topological polar surface area (TPSA) is 104 Å². The van der Waals surface area contributed by atoms with Crippen LogP contribution < -0.4 is 10.1 Å². The van der Waals surface area contributed by atoms with Gasteiger partial charge < -0.3 is 19.7 Å². The fourth-order valence-electron chi connectivity index (χ4n) is 4.49. The van der Waals surface area contributed by atoms with Crippen LogP contribution in [0.3, 0.4) is 0 Å². The molecule has 0 spiro atoms. The number of rotatable bonds is 13. The van der Waals surface area contributed by atoms with Gasteiger partial charge in [-0.25, -0.2) is 0 Å². The van der Waals surface area contributed by atoms with Crippen LogP contribution in [0, 0.1) is 12.8 Å². The predicted molar refractivity (Wildman–Crippen MR) is 167 cm³/mol. The second kappa shape index (κ2) is 14.2. The van der Waals surface area contributed by atoms with Gasteiger partial charge in [0.1, 0.15) is 19.0 Å². The Labute approximate surface area is 253 Å². The maximum Gasteiger partial charge on any atom is 0.308 e. The molecule has 0 saturated carbocycles. The summed E-state index contributed by atoms with van der Waals surface area (Å²) in [6, 6.07) is 11.6. The van der Waals surface area contributed by atoms with Gasteiger partial charge in [0.2, 0.25) is 0 Å². The zero-order valence-corrected chi connectivity index (χ0v) is 26.1. The fraction of sp³-hybridized carbons (Fsp3) is 0.394. The average Bonchev–Trinajstić information content (AvgIpc) is 3.62. The van der Waals surface area contributed by atoms with Crippen molar-refractivity contribution >= 4 is 11.9 Å². The zero-order chi connectivity index (χ0) is 31.1. The predicted octanol–water partition coefficient (Wildman–Crippen LogP) is 4.89. The molecule has 0 radical (unpaired) electrons. The number of amides is 1. The summed E-state index contributed by atoms with van der Waals surface area (Å²) in [5.74, 6) is 0.108. The quantitative estimate of drug-likeness (QED) is 0.223. The molecular formula is C33H42N6O4. The Morgan fingerprint density at radius 2 is 1.63 bits per heavy atom. The van der Waals surface area contributed by atoms with Crippen molar-refractivity contribution in [2.45, 2.75) is 40.3 Å². The first kappa shape index (κ1) is 31.5. The van der Waals surface area contributed by atoms with Crippen molar-refractivity contribution in [3.8, 4) is 28.0 Å². The zero-order valence-electron chi connectivity index (χ0n) is 26.1. The Morgan fingerprint density at radius 3 is 2.28 bits per heavy atom. The third-order valence-corrected chi connectivity index (χ3v) is 7.10. The number of nitrogens with one attached hydrogen (secondary N) is 1. The third kappa shape index (κ3) is 8.54. The molecular weight excluding hydrogens is 544 g/mol. The maximum atomic E-state index is 13.5. The second-order valence-corrected chi connectivity index (χ2v) is 11.4. The molecule has 2 aromatic heterocycles. The first-order valence-corrected chi connectivity index (χ1v) is 14.5. The Hall–Kier alpha value is -4.44. The van der Waals surface area contributed by atoms with Crippen molar-refractivity contribution in [3.63, 3.8) is 0 Å². The summed E-state index contributed by atoms with van der Waals surface area (Å²) < 4.78 is 14.7. The molecule has 0 bridgehead atoms. The summed E-state index contributed by atoms with van der Waals surface area (Å²) in [4.78, 5) is 27.3. The standard InChI is InChI=1S/C33H42N6O4/c1-22(2)33(41)43-13-11-39-21-29(19-35-39)27-15-25(14-26(16-27)28-18-34-38(7)20-28)24(4)36-32(40)31-17-30(9-8-23(31)3)42-12-10-37(5)6/h8-9,14-22,24H,10-13H2,1-7H3,(H,36,40)/t24-/m1/s1. The fourth-order valence-corrected chi connectivity index (χ4v) is 4.49. The van der Waals surface area contributed by atoms with Crippen molar-refractivity contribution < 1.29 is 19.1 Å². The van der Waals surface area contributed by atoms with Gasteiger partial charge >= 0.3 is 5.97 Å². The van der Waals surface area contributed by atoms with E-state index < -0.39 is 0 Å². The molecule has 10 heteroatoms. The minimum absolute atomic E-state index is 0.167. The molecule has 4 rings (SSSR count). The van der Waals surface area contributed by atoms with Gasteiger partial charge in [-0.3, -0.25) is 19.0 Å². The number of benzene rings is 2. The highest BCUT2D eigenvalue weighted by Crippen LogP contribution is 2.31. The molecule has 4 aromatic rings. The highest BCUT2D eigenvalue weighted by atomic mass is 16.5. The lowest BCUT2D eigenvalue weighted by molar-refractivity contribution is -0.147. The summed E-state index contributed by atoms with van der Waals surface area (Å²) in [7, 11) is 5.87. The van der Waals surface area contributed by atoms with Crippen molar-refractivity contribution in [2.75, 3.05) is 33.9 Å². The van der Waals surface area contributed by atoms with Crippen molar-refractivity contribution in [1.82, 2.24) is 29.8 Å². The van der Waals surface area contributed by atoms with Crippen LogP contribution in [-0.4, -0.2) is 70.2 Å². The first-order chi connectivity index (χ1) is 20.5. The third-order valence-electron chi connectivity index (χ3n) is 7.10. The maximum absolute atomic E-state index is 13.5. The van der Waals surface area contributed by atoms with Gasteiger partial charge in [-0.1, -0.05) is 19.9 Å². The summed E-state index contributed by atoms with van der Waals surface area (Å²) in [6.07, 6.45) is 7.52. The highest BCUT2D eigenvalue weighted by Gasteiger charge is 2.17. The molecule has 2 aromatic carbocycles. The number of hydrogen-bond donors (Lipinski definition) is 1. The normalized spacial score (nSPS) is 12.0. The second-order valence-electron chi connectivity index (χ2n) is 11.4. The van der Waals surface area contributed by atoms with Crippen molar-refractivity contribution in [1.29, 1.82) is 0 Å².